The lowest BCUT2D eigenvalue weighted by Crippen LogP contribution is -2.63. The van der Waals surface area contributed by atoms with Gasteiger partial charge in [-0.15, -0.1) is 0 Å². The van der Waals surface area contributed by atoms with Crippen molar-refractivity contribution in [2.75, 3.05) is 47.5 Å². The molecule has 8 rings (SSSR count). The molecule has 1 aromatic heterocycles. The summed E-state index contributed by atoms with van der Waals surface area (Å²) in [7, 11) is 0. The molecule has 11 nitrogen and oxygen atoms in total. The molecule has 44 heavy (non-hydrogen) atoms. The van der Waals surface area contributed by atoms with Crippen LogP contribution in [0.1, 0.15) is 51.9 Å². The number of para-hydroxylation sites is 2. The molecule has 3 unspecified atom stereocenters. The van der Waals surface area contributed by atoms with Gasteiger partial charge < -0.3 is 30.3 Å². The van der Waals surface area contributed by atoms with Gasteiger partial charge in [-0.05, 0) is 81.0 Å². The third-order valence-corrected chi connectivity index (χ3v) is 10.7. The van der Waals surface area contributed by atoms with Crippen molar-refractivity contribution in [3.63, 3.8) is 0 Å². The second kappa shape index (κ2) is 11.5. The van der Waals surface area contributed by atoms with Gasteiger partial charge in [0.15, 0.2) is 0 Å². The maximum atomic E-state index is 13.8. The van der Waals surface area contributed by atoms with Gasteiger partial charge in [-0.25, -0.2) is 14.6 Å². The fourth-order valence-corrected chi connectivity index (χ4v) is 8.84. The van der Waals surface area contributed by atoms with Crippen LogP contribution >= 0.6 is 0 Å². The van der Waals surface area contributed by atoms with Crippen molar-refractivity contribution in [3.8, 4) is 0 Å². The minimum absolute atomic E-state index is 0.0682. The van der Waals surface area contributed by atoms with E-state index in [2.05, 4.69) is 21.2 Å². The maximum Gasteiger partial charge on any atom is 0.508 e. The Morgan fingerprint density at radius 3 is 2.36 bits per heavy atom. The highest BCUT2D eigenvalue weighted by atomic mass is 16.7. The molecule has 5 fully saturated rings. The molecule has 1 saturated heterocycles. The van der Waals surface area contributed by atoms with Crippen molar-refractivity contribution < 1.29 is 23.9 Å². The number of carbonyl (C=O) groups is 3. The highest BCUT2D eigenvalue weighted by molar-refractivity contribution is 5.98. The number of nitrogens with two attached hydrogens (primary N) is 1. The summed E-state index contributed by atoms with van der Waals surface area (Å²) in [5, 5.41) is 3.41. The number of benzene rings is 1. The van der Waals surface area contributed by atoms with Crippen LogP contribution in [0, 0.1) is 23.2 Å². The van der Waals surface area contributed by atoms with E-state index >= 15 is 0 Å². The minimum atomic E-state index is -0.596. The molecule has 4 saturated carbocycles. The predicted octanol–water partition coefficient (Wildman–Crippen LogP) is 4.57. The number of anilines is 4. The lowest BCUT2D eigenvalue weighted by molar-refractivity contribution is -0.145. The molecule has 4 bridgehead atoms. The molecule has 3 N–H and O–H groups in total. The number of hydrogen-bond donors (Lipinski definition) is 2. The molecule has 234 valence electrons. The molecule has 2 aromatic rings. The summed E-state index contributed by atoms with van der Waals surface area (Å²) in [6.07, 6.45) is 7.32. The van der Waals surface area contributed by atoms with Crippen LogP contribution in [0.5, 0.6) is 0 Å². The normalized spacial score (nSPS) is 29.2. The van der Waals surface area contributed by atoms with Gasteiger partial charge >= 0.3 is 12.2 Å². The van der Waals surface area contributed by atoms with Crippen LogP contribution in [0.3, 0.4) is 0 Å². The molecule has 6 aliphatic rings. The lowest BCUT2D eigenvalue weighted by atomic mass is 9.47. The predicted molar refractivity (Wildman–Crippen MR) is 166 cm³/mol. The fraction of sp³-hybridized carbons (Fsp3) is 0.576. The Morgan fingerprint density at radius 2 is 1.70 bits per heavy atom. The van der Waals surface area contributed by atoms with E-state index in [9.17, 15) is 14.4 Å². The first-order chi connectivity index (χ1) is 21.3. The number of ether oxygens (including phenoxy) is 2. The van der Waals surface area contributed by atoms with E-state index in [1.807, 2.05) is 41.4 Å². The third kappa shape index (κ3) is 5.20. The standard InChI is InChI=1S/C33H42N6O5/c1-2-43-32(42)44-25-9-11-37(12-10-25)24-7-8-28(35-20-24)38-13-14-39(27-6-4-3-5-26(27)38)31(41)36-29-22-15-21-16-23(29)19-33(17-21,18-22)30(34)40/h3-8,20-23,25,29H,2,9-19H2,1H3,(H2,34,40)(H,36,41)/t21?,22-,23+,29?,33?. The summed E-state index contributed by atoms with van der Waals surface area (Å²) in [5.74, 6) is 1.85. The Kier molecular flexibility index (Phi) is 7.50. The summed E-state index contributed by atoms with van der Waals surface area (Å²) in [4.78, 5) is 48.9. The Bertz CT molecular complexity index is 1390. The number of rotatable bonds is 6. The molecule has 11 heteroatoms. The first-order valence-corrected chi connectivity index (χ1v) is 16.1. The average molecular weight is 603 g/mol. The van der Waals surface area contributed by atoms with Crippen molar-refractivity contribution in [1.82, 2.24) is 10.3 Å². The number of nitrogens with zero attached hydrogens (tertiary/aromatic N) is 4. The summed E-state index contributed by atoms with van der Waals surface area (Å²) in [6, 6.07) is 12.1. The van der Waals surface area contributed by atoms with Crippen LogP contribution < -0.4 is 25.8 Å². The van der Waals surface area contributed by atoms with Gasteiger partial charge in [-0.3, -0.25) is 9.69 Å². The molecule has 5 atom stereocenters. The van der Waals surface area contributed by atoms with Gasteiger partial charge in [0.05, 0.1) is 29.9 Å². The van der Waals surface area contributed by atoms with Crippen LogP contribution in [0.4, 0.5) is 32.5 Å². The molecule has 3 amide bonds. The highest BCUT2D eigenvalue weighted by Crippen LogP contribution is 2.60. The quantitative estimate of drug-likeness (QED) is 0.460. The number of pyridine rings is 1. The van der Waals surface area contributed by atoms with E-state index in [0.717, 1.165) is 80.9 Å². The number of fused-ring (bicyclic) bond motifs is 1. The van der Waals surface area contributed by atoms with Crippen LogP contribution in [0.15, 0.2) is 42.6 Å². The number of nitrogens with one attached hydrogen (secondary N) is 1. The smallest absolute Gasteiger partial charge is 0.435 e. The van der Waals surface area contributed by atoms with Crippen molar-refractivity contribution in [3.05, 3.63) is 42.6 Å². The largest absolute Gasteiger partial charge is 0.508 e. The minimum Gasteiger partial charge on any atom is -0.435 e. The Balaban J connectivity index is 1.01. The van der Waals surface area contributed by atoms with Gasteiger partial charge in [0.25, 0.3) is 0 Å². The first-order valence-electron chi connectivity index (χ1n) is 16.1. The van der Waals surface area contributed by atoms with E-state index in [0.29, 0.717) is 37.5 Å². The zero-order valence-corrected chi connectivity index (χ0v) is 25.3. The van der Waals surface area contributed by atoms with Gasteiger partial charge in [-0.1, -0.05) is 12.1 Å². The monoisotopic (exact) mass is 602 g/mol. The Morgan fingerprint density at radius 1 is 0.977 bits per heavy atom. The zero-order valence-electron chi connectivity index (χ0n) is 25.3. The van der Waals surface area contributed by atoms with Crippen molar-refractivity contribution in [2.24, 2.45) is 28.9 Å². The van der Waals surface area contributed by atoms with Crippen LogP contribution in [0.25, 0.3) is 0 Å². The molecule has 0 spiro atoms. The number of aromatic nitrogens is 1. The van der Waals surface area contributed by atoms with Crippen molar-refractivity contribution >= 4 is 41.0 Å². The fourth-order valence-electron chi connectivity index (χ4n) is 8.84. The molecular weight excluding hydrogens is 560 g/mol. The van der Waals surface area contributed by atoms with Crippen LogP contribution in [-0.4, -0.2) is 68.0 Å². The highest BCUT2D eigenvalue weighted by Gasteiger charge is 2.58. The van der Waals surface area contributed by atoms with Crippen LogP contribution in [-0.2, 0) is 14.3 Å². The van der Waals surface area contributed by atoms with Gasteiger partial charge in [0.1, 0.15) is 11.9 Å². The number of hydrogen-bond acceptors (Lipinski definition) is 8. The molecule has 1 aromatic carbocycles. The van der Waals surface area contributed by atoms with E-state index < -0.39 is 6.16 Å². The van der Waals surface area contributed by atoms with Crippen LogP contribution in [0.2, 0.25) is 0 Å². The number of urea groups is 1. The first kappa shape index (κ1) is 28.7. The molecule has 4 aliphatic carbocycles. The summed E-state index contributed by atoms with van der Waals surface area (Å²) in [5.41, 5.74) is 8.35. The summed E-state index contributed by atoms with van der Waals surface area (Å²) in [6.45, 7) is 4.78. The Hall–Kier alpha value is -4.02. The summed E-state index contributed by atoms with van der Waals surface area (Å²) < 4.78 is 10.3. The van der Waals surface area contributed by atoms with E-state index in [-0.39, 0.29) is 29.5 Å². The van der Waals surface area contributed by atoms with E-state index in [1.165, 1.54) is 0 Å². The molecule has 0 radical (unpaired) electrons. The number of primary amides is 1. The topological polar surface area (TPSA) is 130 Å². The van der Waals surface area contributed by atoms with Gasteiger partial charge in [0, 0.05) is 50.5 Å². The molecule has 3 heterocycles. The number of carbonyl (C=O) groups excluding carboxylic acids is 3. The number of piperidine rings is 1. The number of amides is 3. The second-order valence-electron chi connectivity index (χ2n) is 13.2. The average Bonchev–Trinajstić information content (AvgIpc) is 3.02. The third-order valence-electron chi connectivity index (χ3n) is 10.7. The van der Waals surface area contributed by atoms with E-state index in [1.54, 1.807) is 6.92 Å². The van der Waals surface area contributed by atoms with Crippen molar-refractivity contribution in [1.29, 1.82) is 0 Å². The van der Waals surface area contributed by atoms with E-state index in [4.69, 9.17) is 20.2 Å². The lowest BCUT2D eigenvalue weighted by Gasteiger charge is -2.59. The zero-order chi connectivity index (χ0) is 30.4. The molecule has 2 aliphatic heterocycles. The SMILES string of the molecule is CCOC(=O)OC1CCN(c2ccc(N3CCN(C(=O)NC4[C@@H]5CC6C[C@H]4CC(C(N)=O)(C6)C5)c4ccccc43)nc2)CC1. The van der Waals surface area contributed by atoms with Gasteiger partial charge in [0.2, 0.25) is 5.91 Å². The van der Waals surface area contributed by atoms with Crippen molar-refractivity contribution in [2.45, 2.75) is 64.0 Å². The second-order valence-corrected chi connectivity index (χ2v) is 13.2. The maximum absolute atomic E-state index is 13.8. The van der Waals surface area contributed by atoms with Gasteiger partial charge in [-0.2, -0.15) is 0 Å². The summed E-state index contributed by atoms with van der Waals surface area (Å²) >= 11 is 0. The molecular formula is C33H42N6O5. The Labute approximate surface area is 258 Å².